The monoisotopic (exact) mass is 278 g/mol. The predicted octanol–water partition coefficient (Wildman–Crippen LogP) is 1.35. The maximum atomic E-state index is 12.0. The predicted molar refractivity (Wildman–Crippen MR) is 77.9 cm³/mol. The standard InChI is InChI=1S/C15H22N2O3/c1-17-14-6-4-3-5-12(14)13(11-15(17)18)16-7-8-20-10-9-19-2/h3-6,13,16H,7-11H2,1-2H3. The molecule has 1 aliphatic rings. The molecule has 1 N–H and O–H groups in total. The van der Waals surface area contributed by atoms with E-state index in [1.54, 1.807) is 12.0 Å². The minimum atomic E-state index is 0.0703. The molecule has 5 heteroatoms. The molecular formula is C15H22N2O3. The number of para-hydroxylation sites is 1. The highest BCUT2D eigenvalue weighted by Crippen LogP contribution is 2.33. The van der Waals surface area contributed by atoms with Crippen LogP contribution in [0.3, 0.4) is 0 Å². The summed E-state index contributed by atoms with van der Waals surface area (Å²) in [6.45, 7) is 2.54. The fourth-order valence-corrected chi connectivity index (χ4v) is 2.38. The molecule has 1 aliphatic heterocycles. The van der Waals surface area contributed by atoms with Crippen LogP contribution in [0.5, 0.6) is 0 Å². The third-order valence-corrected chi connectivity index (χ3v) is 3.50. The van der Waals surface area contributed by atoms with Gasteiger partial charge in [-0.2, -0.15) is 0 Å². The first-order valence-corrected chi connectivity index (χ1v) is 6.89. The van der Waals surface area contributed by atoms with Crippen LogP contribution in [0.15, 0.2) is 24.3 Å². The molecule has 0 radical (unpaired) electrons. The molecule has 110 valence electrons. The van der Waals surface area contributed by atoms with Gasteiger partial charge in [-0.15, -0.1) is 0 Å². The van der Waals surface area contributed by atoms with Gasteiger partial charge in [-0.05, 0) is 11.6 Å². The van der Waals surface area contributed by atoms with Gasteiger partial charge in [-0.25, -0.2) is 0 Å². The summed E-state index contributed by atoms with van der Waals surface area (Å²) in [4.78, 5) is 13.7. The number of methoxy groups -OCH3 is 1. The lowest BCUT2D eigenvalue weighted by molar-refractivity contribution is -0.119. The number of ether oxygens (including phenoxy) is 2. The molecule has 0 saturated heterocycles. The van der Waals surface area contributed by atoms with Crippen LogP contribution in [0, 0.1) is 0 Å². The second kappa shape index (κ2) is 7.38. The minimum absolute atomic E-state index is 0.0703. The summed E-state index contributed by atoms with van der Waals surface area (Å²) in [6, 6.07) is 8.09. The summed E-state index contributed by atoms with van der Waals surface area (Å²) >= 11 is 0. The highest BCUT2D eigenvalue weighted by atomic mass is 16.5. The van der Waals surface area contributed by atoms with E-state index in [9.17, 15) is 4.79 Å². The van der Waals surface area contributed by atoms with Crippen LogP contribution < -0.4 is 10.2 Å². The summed E-state index contributed by atoms with van der Waals surface area (Å²) in [7, 11) is 3.48. The first-order chi connectivity index (χ1) is 9.74. The number of amides is 1. The number of hydrogen-bond donors (Lipinski definition) is 1. The van der Waals surface area contributed by atoms with Crippen molar-refractivity contribution in [1.29, 1.82) is 0 Å². The van der Waals surface area contributed by atoms with E-state index in [2.05, 4.69) is 11.4 Å². The number of carbonyl (C=O) groups is 1. The van der Waals surface area contributed by atoms with Crippen molar-refractivity contribution in [3.05, 3.63) is 29.8 Å². The molecule has 1 aromatic carbocycles. The van der Waals surface area contributed by atoms with Gasteiger partial charge in [-0.1, -0.05) is 18.2 Å². The third-order valence-electron chi connectivity index (χ3n) is 3.50. The second-order valence-electron chi connectivity index (χ2n) is 4.83. The lowest BCUT2D eigenvalue weighted by atomic mass is 9.96. The van der Waals surface area contributed by atoms with Gasteiger partial charge in [-0.3, -0.25) is 4.79 Å². The molecule has 0 spiro atoms. The van der Waals surface area contributed by atoms with Crippen LogP contribution >= 0.6 is 0 Å². The largest absolute Gasteiger partial charge is 0.382 e. The molecule has 1 amide bonds. The molecule has 1 aromatic rings. The summed E-state index contributed by atoms with van der Waals surface area (Å²) < 4.78 is 10.3. The van der Waals surface area contributed by atoms with Crippen molar-refractivity contribution in [1.82, 2.24) is 5.32 Å². The van der Waals surface area contributed by atoms with E-state index in [4.69, 9.17) is 9.47 Å². The second-order valence-corrected chi connectivity index (χ2v) is 4.83. The SMILES string of the molecule is COCCOCCNC1CC(=O)N(C)c2ccccc21. The number of fused-ring (bicyclic) bond motifs is 1. The van der Waals surface area contributed by atoms with E-state index >= 15 is 0 Å². The molecule has 0 aromatic heterocycles. The van der Waals surface area contributed by atoms with Crippen LogP contribution in [-0.2, 0) is 14.3 Å². The molecule has 0 fully saturated rings. The van der Waals surface area contributed by atoms with E-state index in [1.165, 1.54) is 5.56 Å². The van der Waals surface area contributed by atoms with E-state index in [0.717, 1.165) is 12.2 Å². The van der Waals surface area contributed by atoms with Crippen LogP contribution in [0.2, 0.25) is 0 Å². The van der Waals surface area contributed by atoms with Crippen molar-refractivity contribution in [3.63, 3.8) is 0 Å². The molecule has 20 heavy (non-hydrogen) atoms. The highest BCUT2D eigenvalue weighted by Gasteiger charge is 2.28. The number of anilines is 1. The van der Waals surface area contributed by atoms with E-state index in [0.29, 0.717) is 26.2 Å². The van der Waals surface area contributed by atoms with Crippen molar-refractivity contribution in [2.45, 2.75) is 12.5 Å². The van der Waals surface area contributed by atoms with Gasteiger partial charge in [0.1, 0.15) is 0 Å². The van der Waals surface area contributed by atoms with Gasteiger partial charge in [0.15, 0.2) is 0 Å². The smallest absolute Gasteiger partial charge is 0.228 e. The maximum absolute atomic E-state index is 12.0. The van der Waals surface area contributed by atoms with Crippen LogP contribution in [-0.4, -0.2) is 46.4 Å². The molecule has 1 atom stereocenters. The quantitative estimate of drug-likeness (QED) is 0.765. The molecule has 1 unspecified atom stereocenters. The van der Waals surface area contributed by atoms with Gasteiger partial charge in [0.25, 0.3) is 0 Å². The molecule has 1 heterocycles. The molecule has 0 aliphatic carbocycles. The molecule has 2 rings (SSSR count). The summed E-state index contributed by atoms with van der Waals surface area (Å²) in [5.74, 6) is 0.140. The van der Waals surface area contributed by atoms with Crippen molar-refractivity contribution in [3.8, 4) is 0 Å². The fraction of sp³-hybridized carbons (Fsp3) is 0.533. The summed E-state index contributed by atoms with van der Waals surface area (Å²) in [5.41, 5.74) is 2.16. The average Bonchev–Trinajstić information content (AvgIpc) is 2.47. The van der Waals surface area contributed by atoms with E-state index < -0.39 is 0 Å². The topological polar surface area (TPSA) is 50.8 Å². The molecule has 5 nitrogen and oxygen atoms in total. The van der Waals surface area contributed by atoms with Crippen molar-refractivity contribution < 1.29 is 14.3 Å². The lowest BCUT2D eigenvalue weighted by Gasteiger charge is -2.32. The zero-order chi connectivity index (χ0) is 14.4. The van der Waals surface area contributed by atoms with Crippen LogP contribution in [0.25, 0.3) is 0 Å². The van der Waals surface area contributed by atoms with E-state index in [1.807, 2.05) is 25.2 Å². The lowest BCUT2D eigenvalue weighted by Crippen LogP contribution is -2.38. The minimum Gasteiger partial charge on any atom is -0.382 e. The van der Waals surface area contributed by atoms with Gasteiger partial charge in [0.2, 0.25) is 5.91 Å². The number of nitrogens with one attached hydrogen (secondary N) is 1. The van der Waals surface area contributed by atoms with Crippen molar-refractivity contribution >= 4 is 11.6 Å². The van der Waals surface area contributed by atoms with Gasteiger partial charge < -0.3 is 19.7 Å². The Hall–Kier alpha value is -1.43. The number of benzene rings is 1. The van der Waals surface area contributed by atoms with Crippen molar-refractivity contribution in [2.24, 2.45) is 0 Å². The molecule has 0 saturated carbocycles. The Morgan fingerprint density at radius 1 is 1.30 bits per heavy atom. The Morgan fingerprint density at radius 3 is 2.90 bits per heavy atom. The van der Waals surface area contributed by atoms with Gasteiger partial charge >= 0.3 is 0 Å². The number of rotatable bonds is 7. The molecular weight excluding hydrogens is 256 g/mol. The van der Waals surface area contributed by atoms with Gasteiger partial charge in [0.05, 0.1) is 19.8 Å². The first kappa shape index (κ1) is 15.0. The van der Waals surface area contributed by atoms with Crippen LogP contribution in [0.1, 0.15) is 18.0 Å². The molecule has 0 bridgehead atoms. The Labute approximate surface area is 119 Å². The summed E-state index contributed by atoms with van der Waals surface area (Å²) in [6.07, 6.45) is 0.492. The van der Waals surface area contributed by atoms with Crippen molar-refractivity contribution in [2.75, 3.05) is 45.4 Å². The number of carbonyl (C=O) groups excluding carboxylic acids is 1. The Balaban J connectivity index is 1.89. The van der Waals surface area contributed by atoms with Crippen LogP contribution in [0.4, 0.5) is 5.69 Å². The Morgan fingerprint density at radius 2 is 2.10 bits per heavy atom. The fourth-order valence-electron chi connectivity index (χ4n) is 2.38. The maximum Gasteiger partial charge on any atom is 0.228 e. The zero-order valence-electron chi connectivity index (χ0n) is 12.1. The normalized spacial score (nSPS) is 18.2. The Kier molecular flexibility index (Phi) is 5.52. The highest BCUT2D eigenvalue weighted by molar-refractivity contribution is 5.96. The van der Waals surface area contributed by atoms with Gasteiger partial charge in [0, 0.05) is 38.9 Å². The summed E-state index contributed by atoms with van der Waals surface area (Å²) in [5, 5.41) is 3.39. The average molecular weight is 278 g/mol. The number of hydrogen-bond acceptors (Lipinski definition) is 4. The Bertz CT molecular complexity index is 450. The van der Waals surface area contributed by atoms with E-state index in [-0.39, 0.29) is 11.9 Å². The third kappa shape index (κ3) is 3.56. The first-order valence-electron chi connectivity index (χ1n) is 6.89. The zero-order valence-corrected chi connectivity index (χ0v) is 12.1. The number of nitrogens with zero attached hydrogens (tertiary/aromatic N) is 1.